The van der Waals surface area contributed by atoms with Crippen molar-refractivity contribution < 1.29 is 14.0 Å². The quantitative estimate of drug-likeness (QED) is 0.359. The number of amides is 2. The summed E-state index contributed by atoms with van der Waals surface area (Å²) in [6, 6.07) is 20.1. The fraction of sp³-hybridized carbons (Fsp3) is 0.0870. The summed E-state index contributed by atoms with van der Waals surface area (Å²) >= 11 is 0. The number of carbonyl (C=O) groups excluding carboxylic acids is 2. The second-order valence-corrected chi connectivity index (χ2v) is 6.66. The Morgan fingerprint density at radius 3 is 2.27 bits per heavy atom. The van der Waals surface area contributed by atoms with Crippen molar-refractivity contribution >= 4 is 17.6 Å². The van der Waals surface area contributed by atoms with Gasteiger partial charge in [0.25, 0.3) is 5.91 Å². The van der Waals surface area contributed by atoms with Gasteiger partial charge in [0.2, 0.25) is 5.91 Å². The van der Waals surface area contributed by atoms with Gasteiger partial charge in [0.15, 0.2) is 0 Å². The number of nitrogens with two attached hydrogens (primary N) is 1. The molecule has 0 heterocycles. The number of hydrogen-bond donors (Lipinski definition) is 4. The molecule has 0 fully saturated rings. The number of benzene rings is 3. The number of rotatable bonds is 7. The summed E-state index contributed by atoms with van der Waals surface area (Å²) in [6.07, 6.45) is 0. The molecule has 0 aliphatic rings. The summed E-state index contributed by atoms with van der Waals surface area (Å²) in [5.41, 5.74) is 7.54. The minimum absolute atomic E-state index is 0.152. The van der Waals surface area contributed by atoms with Crippen LogP contribution in [0.4, 0.5) is 4.39 Å². The summed E-state index contributed by atoms with van der Waals surface area (Å²) in [7, 11) is 0. The zero-order valence-electron chi connectivity index (χ0n) is 16.1. The number of halogens is 1. The van der Waals surface area contributed by atoms with Crippen LogP contribution in [0, 0.1) is 11.2 Å². The van der Waals surface area contributed by atoms with Gasteiger partial charge in [-0.2, -0.15) is 0 Å². The highest BCUT2D eigenvalue weighted by Gasteiger charge is 2.23. The molecule has 3 rings (SSSR count). The number of hydrogen-bond acceptors (Lipinski definition) is 3. The van der Waals surface area contributed by atoms with Gasteiger partial charge in [-0.25, -0.2) is 4.39 Å². The van der Waals surface area contributed by atoms with E-state index in [2.05, 4.69) is 10.6 Å². The normalized spacial score (nSPS) is 11.4. The van der Waals surface area contributed by atoms with Crippen LogP contribution in [-0.4, -0.2) is 17.6 Å². The molecule has 3 aromatic carbocycles. The molecule has 0 spiro atoms. The van der Waals surface area contributed by atoms with E-state index in [1.807, 2.05) is 6.07 Å². The molecular weight excluding hydrogens is 383 g/mol. The topological polar surface area (TPSA) is 108 Å². The third-order valence-corrected chi connectivity index (χ3v) is 4.49. The number of nitrogen functional groups attached to an aromatic ring is 1. The van der Waals surface area contributed by atoms with E-state index in [-0.39, 0.29) is 23.8 Å². The summed E-state index contributed by atoms with van der Waals surface area (Å²) in [6.45, 7) is 0.193. The maximum Gasteiger partial charge on any atom is 0.252 e. The first-order chi connectivity index (χ1) is 14.4. The molecular formula is C23H21FN4O2. The first-order valence-corrected chi connectivity index (χ1v) is 9.26. The van der Waals surface area contributed by atoms with Gasteiger partial charge in [0, 0.05) is 17.7 Å². The first-order valence-electron chi connectivity index (χ1n) is 9.26. The van der Waals surface area contributed by atoms with Crippen LogP contribution in [0.5, 0.6) is 0 Å². The van der Waals surface area contributed by atoms with Crippen LogP contribution in [0.25, 0.3) is 0 Å². The van der Waals surface area contributed by atoms with Gasteiger partial charge < -0.3 is 16.4 Å². The molecule has 0 saturated carbocycles. The van der Waals surface area contributed by atoms with Gasteiger partial charge in [-0.1, -0.05) is 54.6 Å². The summed E-state index contributed by atoms with van der Waals surface area (Å²) in [5.74, 6) is -1.38. The lowest BCUT2D eigenvalue weighted by molar-refractivity contribution is -0.123. The highest BCUT2D eigenvalue weighted by molar-refractivity contribution is 6.01. The molecule has 152 valence electrons. The minimum Gasteiger partial charge on any atom is -0.384 e. The van der Waals surface area contributed by atoms with E-state index in [9.17, 15) is 14.0 Å². The predicted molar refractivity (Wildman–Crippen MR) is 112 cm³/mol. The summed E-state index contributed by atoms with van der Waals surface area (Å²) < 4.78 is 13.1. The van der Waals surface area contributed by atoms with Crippen molar-refractivity contribution in [3.05, 3.63) is 107 Å². The molecule has 6 nitrogen and oxygen atoms in total. The highest BCUT2D eigenvalue weighted by Crippen LogP contribution is 2.15. The molecule has 0 aliphatic heterocycles. The largest absolute Gasteiger partial charge is 0.384 e. The average Bonchev–Trinajstić information content (AvgIpc) is 2.77. The summed E-state index contributed by atoms with van der Waals surface area (Å²) in [4.78, 5) is 25.6. The second-order valence-electron chi connectivity index (χ2n) is 6.66. The van der Waals surface area contributed by atoms with Crippen molar-refractivity contribution in [3.63, 3.8) is 0 Å². The Hall–Kier alpha value is -4.00. The van der Waals surface area contributed by atoms with E-state index in [0.29, 0.717) is 11.1 Å². The van der Waals surface area contributed by atoms with E-state index >= 15 is 0 Å². The monoisotopic (exact) mass is 404 g/mol. The molecule has 0 aromatic heterocycles. The van der Waals surface area contributed by atoms with Gasteiger partial charge in [-0.15, -0.1) is 0 Å². The molecule has 0 unspecified atom stereocenters. The first kappa shape index (κ1) is 20.7. The lowest BCUT2D eigenvalue weighted by atomic mass is 10.0. The van der Waals surface area contributed by atoms with Gasteiger partial charge in [-0.3, -0.25) is 15.0 Å². The van der Waals surface area contributed by atoms with Crippen LogP contribution in [0.15, 0.2) is 78.9 Å². The van der Waals surface area contributed by atoms with Crippen molar-refractivity contribution in [2.45, 2.75) is 12.6 Å². The van der Waals surface area contributed by atoms with Crippen LogP contribution < -0.4 is 16.4 Å². The molecule has 0 bridgehead atoms. The van der Waals surface area contributed by atoms with Crippen LogP contribution in [0.1, 0.15) is 33.1 Å². The number of nitrogens with one attached hydrogen (secondary N) is 3. The van der Waals surface area contributed by atoms with Gasteiger partial charge in [0.05, 0.1) is 0 Å². The fourth-order valence-corrected chi connectivity index (χ4v) is 2.88. The Bertz CT molecular complexity index is 1050. The molecule has 0 radical (unpaired) electrons. The molecule has 2 amide bonds. The highest BCUT2D eigenvalue weighted by atomic mass is 19.1. The Labute approximate surface area is 173 Å². The van der Waals surface area contributed by atoms with Crippen LogP contribution in [-0.2, 0) is 11.3 Å². The van der Waals surface area contributed by atoms with Gasteiger partial charge in [0.1, 0.15) is 17.7 Å². The molecule has 0 aliphatic carbocycles. The van der Waals surface area contributed by atoms with Crippen molar-refractivity contribution in [2.75, 3.05) is 0 Å². The molecule has 5 N–H and O–H groups in total. The van der Waals surface area contributed by atoms with Crippen LogP contribution in [0.3, 0.4) is 0 Å². The van der Waals surface area contributed by atoms with E-state index in [0.717, 1.165) is 5.56 Å². The predicted octanol–water partition coefficient (Wildman–Crippen LogP) is 2.90. The number of carbonyl (C=O) groups is 2. The Kier molecular flexibility index (Phi) is 6.54. The Morgan fingerprint density at radius 2 is 1.60 bits per heavy atom. The van der Waals surface area contributed by atoms with E-state index < -0.39 is 17.9 Å². The van der Waals surface area contributed by atoms with Crippen LogP contribution >= 0.6 is 0 Å². The molecule has 7 heteroatoms. The smallest absolute Gasteiger partial charge is 0.252 e. The molecule has 1 atom stereocenters. The van der Waals surface area contributed by atoms with E-state index in [4.69, 9.17) is 11.1 Å². The average molecular weight is 404 g/mol. The van der Waals surface area contributed by atoms with E-state index in [1.165, 1.54) is 18.2 Å². The molecule has 3 aromatic rings. The third kappa shape index (κ3) is 5.29. The van der Waals surface area contributed by atoms with Crippen LogP contribution in [0.2, 0.25) is 0 Å². The fourth-order valence-electron chi connectivity index (χ4n) is 2.88. The van der Waals surface area contributed by atoms with Crippen molar-refractivity contribution in [3.8, 4) is 0 Å². The zero-order valence-corrected chi connectivity index (χ0v) is 16.1. The SMILES string of the molecule is N=C(N)c1cccc(C(=O)N[C@@H](C(=O)NCc2ccc(F)cc2)c2ccccc2)c1. The summed E-state index contributed by atoms with van der Waals surface area (Å²) in [5, 5.41) is 13.0. The second kappa shape index (κ2) is 9.47. The lowest BCUT2D eigenvalue weighted by Crippen LogP contribution is -2.40. The third-order valence-electron chi connectivity index (χ3n) is 4.49. The maximum absolute atomic E-state index is 13.1. The van der Waals surface area contributed by atoms with E-state index in [1.54, 1.807) is 54.6 Å². The lowest BCUT2D eigenvalue weighted by Gasteiger charge is -2.19. The molecule has 0 saturated heterocycles. The zero-order chi connectivity index (χ0) is 21.5. The Morgan fingerprint density at radius 1 is 0.933 bits per heavy atom. The minimum atomic E-state index is -0.930. The van der Waals surface area contributed by atoms with Gasteiger partial charge >= 0.3 is 0 Å². The molecule has 30 heavy (non-hydrogen) atoms. The standard InChI is InChI=1S/C23H21FN4O2/c24-19-11-9-15(10-12-19)14-27-23(30)20(16-5-2-1-3-6-16)28-22(29)18-8-4-7-17(13-18)21(25)26/h1-13,20H,14H2,(H3,25,26)(H,27,30)(H,28,29)/t20-/m1/s1. The van der Waals surface area contributed by atoms with Crippen molar-refractivity contribution in [1.82, 2.24) is 10.6 Å². The Balaban J connectivity index is 1.78. The van der Waals surface area contributed by atoms with Crippen molar-refractivity contribution in [2.24, 2.45) is 5.73 Å². The maximum atomic E-state index is 13.1. The van der Waals surface area contributed by atoms with Crippen molar-refractivity contribution in [1.29, 1.82) is 5.41 Å². The van der Waals surface area contributed by atoms with Gasteiger partial charge in [-0.05, 0) is 35.4 Å². The number of amidine groups is 1.